The van der Waals surface area contributed by atoms with Crippen LogP contribution >= 0.6 is 23.2 Å². The zero-order valence-electron chi connectivity index (χ0n) is 14.2. The van der Waals surface area contributed by atoms with Gasteiger partial charge in [-0.1, -0.05) is 23.2 Å². The molecule has 0 fully saturated rings. The van der Waals surface area contributed by atoms with Crippen molar-refractivity contribution in [3.63, 3.8) is 0 Å². The summed E-state index contributed by atoms with van der Waals surface area (Å²) >= 11 is 12.0. The second-order valence-electron chi connectivity index (χ2n) is 5.28. The van der Waals surface area contributed by atoms with Crippen LogP contribution in [0.15, 0.2) is 36.4 Å². The second kappa shape index (κ2) is 8.83. The minimum atomic E-state index is -0.502. The molecule has 0 spiro atoms. The van der Waals surface area contributed by atoms with Gasteiger partial charge in [0.25, 0.3) is 0 Å². The summed E-state index contributed by atoms with van der Waals surface area (Å²) in [7, 11) is 1.57. The fraction of sp³-hybridized carbons (Fsp3) is 0.278. The van der Waals surface area contributed by atoms with Crippen molar-refractivity contribution in [1.29, 1.82) is 0 Å². The molecule has 25 heavy (non-hydrogen) atoms. The fourth-order valence-electron chi connectivity index (χ4n) is 2.18. The molecule has 0 saturated carbocycles. The molecule has 0 aromatic heterocycles. The van der Waals surface area contributed by atoms with Gasteiger partial charge in [-0.3, -0.25) is 4.79 Å². The van der Waals surface area contributed by atoms with Gasteiger partial charge < -0.3 is 20.1 Å². The number of benzene rings is 2. The Morgan fingerprint density at radius 1 is 1.16 bits per heavy atom. The Kier molecular flexibility index (Phi) is 6.79. The minimum Gasteiger partial charge on any atom is -0.493 e. The van der Waals surface area contributed by atoms with Crippen molar-refractivity contribution in [3.8, 4) is 11.5 Å². The largest absolute Gasteiger partial charge is 0.493 e. The molecule has 2 rings (SSSR count). The third-order valence-electron chi connectivity index (χ3n) is 3.43. The predicted octanol–water partition coefficient (Wildman–Crippen LogP) is 4.84. The molecule has 1 atom stereocenters. The monoisotopic (exact) mass is 382 g/mol. The zero-order chi connectivity index (χ0) is 18.4. The van der Waals surface area contributed by atoms with Gasteiger partial charge in [0.15, 0.2) is 11.5 Å². The first kappa shape index (κ1) is 19.2. The first-order valence-electron chi connectivity index (χ1n) is 7.78. The summed E-state index contributed by atoms with van der Waals surface area (Å²) in [4.78, 5) is 12.4. The van der Waals surface area contributed by atoms with Crippen molar-refractivity contribution in [1.82, 2.24) is 0 Å². The van der Waals surface area contributed by atoms with Crippen LogP contribution in [-0.2, 0) is 4.79 Å². The molecule has 0 aliphatic rings. The van der Waals surface area contributed by atoms with E-state index >= 15 is 0 Å². The summed E-state index contributed by atoms with van der Waals surface area (Å²) in [5.41, 5.74) is 1.21. The highest BCUT2D eigenvalue weighted by Crippen LogP contribution is 2.30. The Morgan fingerprint density at radius 2 is 1.92 bits per heavy atom. The van der Waals surface area contributed by atoms with Crippen LogP contribution in [-0.4, -0.2) is 25.7 Å². The van der Waals surface area contributed by atoms with Crippen LogP contribution in [0, 0.1) is 0 Å². The molecule has 2 aromatic carbocycles. The lowest BCUT2D eigenvalue weighted by Crippen LogP contribution is -2.31. The maximum atomic E-state index is 12.4. The van der Waals surface area contributed by atoms with E-state index in [0.717, 1.165) is 5.69 Å². The van der Waals surface area contributed by atoms with Gasteiger partial charge in [-0.25, -0.2) is 0 Å². The van der Waals surface area contributed by atoms with E-state index < -0.39 is 6.04 Å². The normalized spacial score (nSPS) is 11.6. The smallest absolute Gasteiger partial charge is 0.246 e. The van der Waals surface area contributed by atoms with E-state index in [0.29, 0.717) is 33.8 Å². The Balaban J connectivity index is 2.07. The highest BCUT2D eigenvalue weighted by Gasteiger charge is 2.15. The molecule has 134 valence electrons. The standard InChI is InChI=1S/C18H20Cl2N2O3/c1-4-25-16-8-6-13(10-17(16)24-3)21-11(2)18(23)22-15-9-12(19)5-7-14(15)20/h5-11,21H,4H2,1-3H3,(H,22,23)/t11-/m1/s1. The highest BCUT2D eigenvalue weighted by molar-refractivity contribution is 6.35. The zero-order valence-corrected chi connectivity index (χ0v) is 15.7. The lowest BCUT2D eigenvalue weighted by Gasteiger charge is -2.17. The van der Waals surface area contributed by atoms with Crippen molar-refractivity contribution in [2.45, 2.75) is 19.9 Å². The number of hydrogen-bond acceptors (Lipinski definition) is 4. The summed E-state index contributed by atoms with van der Waals surface area (Å²) in [6, 6.07) is 9.79. The lowest BCUT2D eigenvalue weighted by molar-refractivity contribution is -0.116. The molecular formula is C18H20Cl2N2O3. The van der Waals surface area contributed by atoms with Gasteiger partial charge >= 0.3 is 0 Å². The third-order valence-corrected chi connectivity index (χ3v) is 3.99. The highest BCUT2D eigenvalue weighted by atomic mass is 35.5. The van der Waals surface area contributed by atoms with Gasteiger partial charge in [0, 0.05) is 16.8 Å². The van der Waals surface area contributed by atoms with Gasteiger partial charge in [-0.05, 0) is 44.2 Å². The lowest BCUT2D eigenvalue weighted by atomic mass is 10.2. The average molecular weight is 383 g/mol. The number of anilines is 2. The molecule has 0 bridgehead atoms. The fourth-order valence-corrected chi connectivity index (χ4v) is 2.52. The maximum absolute atomic E-state index is 12.4. The van der Waals surface area contributed by atoms with Gasteiger partial charge in [-0.2, -0.15) is 0 Å². The number of carbonyl (C=O) groups excluding carboxylic acids is 1. The molecule has 1 amide bonds. The number of amides is 1. The van der Waals surface area contributed by atoms with Crippen molar-refractivity contribution >= 4 is 40.5 Å². The topological polar surface area (TPSA) is 59.6 Å². The number of carbonyl (C=O) groups is 1. The average Bonchev–Trinajstić information content (AvgIpc) is 2.59. The molecule has 2 N–H and O–H groups in total. The Morgan fingerprint density at radius 3 is 2.60 bits per heavy atom. The van der Waals surface area contributed by atoms with Crippen LogP contribution in [0.5, 0.6) is 11.5 Å². The SMILES string of the molecule is CCOc1ccc(N[C@H](C)C(=O)Nc2cc(Cl)ccc2Cl)cc1OC. The Hall–Kier alpha value is -2.11. The third kappa shape index (κ3) is 5.18. The van der Waals surface area contributed by atoms with Crippen LogP contribution < -0.4 is 20.1 Å². The van der Waals surface area contributed by atoms with E-state index in [1.54, 1.807) is 44.4 Å². The van der Waals surface area contributed by atoms with Crippen molar-refractivity contribution in [2.75, 3.05) is 24.4 Å². The van der Waals surface area contributed by atoms with E-state index in [1.165, 1.54) is 0 Å². The van der Waals surface area contributed by atoms with Gasteiger partial charge in [0.05, 0.1) is 24.4 Å². The molecular weight excluding hydrogens is 363 g/mol. The van der Waals surface area contributed by atoms with E-state index in [1.807, 2.05) is 13.0 Å². The molecule has 0 saturated heterocycles. The van der Waals surface area contributed by atoms with Crippen LogP contribution in [0.3, 0.4) is 0 Å². The van der Waals surface area contributed by atoms with Crippen molar-refractivity contribution < 1.29 is 14.3 Å². The quantitative estimate of drug-likeness (QED) is 0.718. The molecule has 5 nitrogen and oxygen atoms in total. The first-order valence-corrected chi connectivity index (χ1v) is 8.53. The summed E-state index contributed by atoms with van der Waals surface area (Å²) in [6.45, 7) is 4.19. The van der Waals surface area contributed by atoms with E-state index in [2.05, 4.69) is 10.6 Å². The number of ether oxygens (including phenoxy) is 2. The number of nitrogens with one attached hydrogen (secondary N) is 2. The molecule has 0 unspecified atom stereocenters. The van der Waals surface area contributed by atoms with Crippen LogP contribution in [0.2, 0.25) is 10.0 Å². The number of hydrogen-bond donors (Lipinski definition) is 2. The van der Waals surface area contributed by atoms with Crippen LogP contribution in [0.4, 0.5) is 11.4 Å². The van der Waals surface area contributed by atoms with Gasteiger partial charge in [-0.15, -0.1) is 0 Å². The number of methoxy groups -OCH3 is 1. The summed E-state index contributed by atoms with van der Waals surface area (Å²) in [5.74, 6) is 1.01. The van der Waals surface area contributed by atoms with Crippen molar-refractivity contribution in [3.05, 3.63) is 46.4 Å². The van der Waals surface area contributed by atoms with E-state index in [9.17, 15) is 4.79 Å². The summed E-state index contributed by atoms with van der Waals surface area (Å²) < 4.78 is 10.8. The van der Waals surface area contributed by atoms with E-state index in [-0.39, 0.29) is 5.91 Å². The maximum Gasteiger partial charge on any atom is 0.246 e. The summed E-state index contributed by atoms with van der Waals surface area (Å²) in [6.07, 6.45) is 0. The second-order valence-corrected chi connectivity index (χ2v) is 6.12. The Bertz CT molecular complexity index is 753. The van der Waals surface area contributed by atoms with Gasteiger partial charge in [0.2, 0.25) is 5.91 Å². The summed E-state index contributed by atoms with van der Waals surface area (Å²) in [5, 5.41) is 6.79. The molecule has 0 radical (unpaired) electrons. The molecule has 0 aliphatic carbocycles. The molecule has 0 heterocycles. The number of rotatable bonds is 7. The Labute approximate surface area is 157 Å². The van der Waals surface area contributed by atoms with Crippen LogP contribution in [0.25, 0.3) is 0 Å². The van der Waals surface area contributed by atoms with Crippen molar-refractivity contribution in [2.24, 2.45) is 0 Å². The van der Waals surface area contributed by atoms with Crippen LogP contribution in [0.1, 0.15) is 13.8 Å². The molecule has 2 aromatic rings. The van der Waals surface area contributed by atoms with E-state index in [4.69, 9.17) is 32.7 Å². The van der Waals surface area contributed by atoms with Gasteiger partial charge in [0.1, 0.15) is 6.04 Å². The minimum absolute atomic E-state index is 0.239. The number of halogens is 2. The molecule has 0 aliphatic heterocycles. The first-order chi connectivity index (χ1) is 11.9. The molecule has 7 heteroatoms. The predicted molar refractivity (Wildman–Crippen MR) is 102 cm³/mol.